The van der Waals surface area contributed by atoms with Crippen LogP contribution in [0.4, 0.5) is 13.2 Å². The lowest BCUT2D eigenvalue weighted by Crippen LogP contribution is -2.47. The van der Waals surface area contributed by atoms with Crippen molar-refractivity contribution in [3.05, 3.63) is 35.4 Å². The second-order valence-corrected chi connectivity index (χ2v) is 11.1. The lowest BCUT2D eigenvalue weighted by molar-refractivity contribution is -0.192. The number of likely N-dealkylation sites (tertiary alicyclic amines) is 1. The third-order valence-corrected chi connectivity index (χ3v) is 6.94. The fourth-order valence-electron chi connectivity index (χ4n) is 4.58. The van der Waals surface area contributed by atoms with E-state index in [0.29, 0.717) is 25.1 Å². The number of nitrogens with one attached hydrogen (secondary N) is 1. The molecule has 2 saturated heterocycles. The standard InChI is InChI=1S/C26H42N4O2.C2HF3O2/c1-26(2,3)23-10-8-22(9-11-23)25(32)30(18-7-17-28-15-5-4-6-16-28)19-12-24(31)29-20-13-27-14-21-29;3-2(4,5)1(6)7/h8-11,27H,4-7,12-21H2,1-3H3;(H,6,7). The average Bonchev–Trinajstić information content (AvgIpc) is 2.90. The number of carboxylic acids is 1. The first kappa shape index (κ1) is 32.6. The number of carbonyl (C=O) groups excluding carboxylic acids is 2. The van der Waals surface area contributed by atoms with Crippen LogP contribution in [0.5, 0.6) is 0 Å². The fraction of sp³-hybridized carbons (Fsp3) is 0.679. The van der Waals surface area contributed by atoms with Gasteiger partial charge < -0.3 is 25.1 Å². The normalized spacial score (nSPS) is 16.7. The van der Waals surface area contributed by atoms with Crippen LogP contribution in [0.25, 0.3) is 0 Å². The number of rotatable bonds is 8. The van der Waals surface area contributed by atoms with Gasteiger partial charge in [0.25, 0.3) is 5.91 Å². The van der Waals surface area contributed by atoms with Crippen LogP contribution < -0.4 is 5.32 Å². The van der Waals surface area contributed by atoms with Gasteiger partial charge in [-0.2, -0.15) is 13.2 Å². The summed E-state index contributed by atoms with van der Waals surface area (Å²) in [6.45, 7) is 14.3. The van der Waals surface area contributed by atoms with Gasteiger partial charge in [0.15, 0.2) is 0 Å². The van der Waals surface area contributed by atoms with Crippen LogP contribution in [0.1, 0.15) is 68.8 Å². The average molecular weight is 557 g/mol. The molecule has 220 valence electrons. The van der Waals surface area contributed by atoms with Gasteiger partial charge in [-0.1, -0.05) is 39.3 Å². The number of aliphatic carboxylic acids is 1. The molecule has 11 heteroatoms. The molecule has 0 atom stereocenters. The van der Waals surface area contributed by atoms with Crippen LogP contribution in [-0.4, -0.2) is 103 Å². The summed E-state index contributed by atoms with van der Waals surface area (Å²) in [5.74, 6) is -2.56. The molecule has 3 rings (SSSR count). The zero-order valence-corrected chi connectivity index (χ0v) is 23.4. The van der Waals surface area contributed by atoms with Gasteiger partial charge in [0.1, 0.15) is 0 Å². The molecule has 8 nitrogen and oxygen atoms in total. The molecule has 2 aliphatic heterocycles. The van der Waals surface area contributed by atoms with Crippen LogP contribution in [0.3, 0.4) is 0 Å². The molecule has 2 amide bonds. The predicted molar refractivity (Wildman–Crippen MR) is 144 cm³/mol. The summed E-state index contributed by atoms with van der Waals surface area (Å²) >= 11 is 0. The Labute approximate surface area is 229 Å². The Kier molecular flexibility index (Phi) is 12.7. The van der Waals surface area contributed by atoms with E-state index in [9.17, 15) is 22.8 Å². The van der Waals surface area contributed by atoms with Crippen LogP contribution in [0.15, 0.2) is 24.3 Å². The number of halogens is 3. The molecule has 0 bridgehead atoms. The van der Waals surface area contributed by atoms with E-state index in [1.807, 2.05) is 21.9 Å². The topological polar surface area (TPSA) is 93.2 Å². The minimum atomic E-state index is -5.08. The number of benzene rings is 1. The summed E-state index contributed by atoms with van der Waals surface area (Å²) in [5, 5.41) is 10.4. The van der Waals surface area contributed by atoms with Gasteiger partial charge in [-0.3, -0.25) is 9.59 Å². The first-order chi connectivity index (χ1) is 18.3. The lowest BCUT2D eigenvalue weighted by Gasteiger charge is -2.30. The summed E-state index contributed by atoms with van der Waals surface area (Å²) in [4.78, 5) is 41.3. The third-order valence-electron chi connectivity index (χ3n) is 6.94. The molecule has 2 heterocycles. The number of amides is 2. The van der Waals surface area contributed by atoms with Crippen LogP contribution in [0.2, 0.25) is 0 Å². The van der Waals surface area contributed by atoms with Crippen molar-refractivity contribution in [3.63, 3.8) is 0 Å². The van der Waals surface area contributed by atoms with Crippen molar-refractivity contribution in [2.45, 2.75) is 64.5 Å². The Bertz CT molecular complexity index is 920. The number of piperidine rings is 1. The molecular formula is C28H43F3N4O4. The summed E-state index contributed by atoms with van der Waals surface area (Å²) in [6.07, 6.45) is 0.160. The maximum absolute atomic E-state index is 13.4. The molecule has 0 spiro atoms. The molecule has 0 saturated carbocycles. The van der Waals surface area contributed by atoms with E-state index in [-0.39, 0.29) is 17.2 Å². The van der Waals surface area contributed by atoms with Crippen molar-refractivity contribution in [3.8, 4) is 0 Å². The summed E-state index contributed by atoms with van der Waals surface area (Å²) in [7, 11) is 0. The third kappa shape index (κ3) is 11.5. The Morgan fingerprint density at radius 3 is 2.00 bits per heavy atom. The number of hydrogen-bond acceptors (Lipinski definition) is 5. The molecular weight excluding hydrogens is 513 g/mol. The van der Waals surface area contributed by atoms with E-state index >= 15 is 0 Å². The highest BCUT2D eigenvalue weighted by atomic mass is 19.4. The van der Waals surface area contributed by atoms with Crippen molar-refractivity contribution >= 4 is 17.8 Å². The zero-order valence-electron chi connectivity index (χ0n) is 23.4. The minimum Gasteiger partial charge on any atom is -0.475 e. The number of hydrogen-bond donors (Lipinski definition) is 2. The van der Waals surface area contributed by atoms with Gasteiger partial charge in [-0.05, 0) is 62.0 Å². The molecule has 2 fully saturated rings. The second-order valence-electron chi connectivity index (χ2n) is 11.1. The molecule has 39 heavy (non-hydrogen) atoms. The number of nitrogens with zero attached hydrogens (tertiary/aromatic N) is 3. The van der Waals surface area contributed by atoms with E-state index < -0.39 is 12.1 Å². The van der Waals surface area contributed by atoms with Gasteiger partial charge in [-0.25, -0.2) is 4.79 Å². The Balaban J connectivity index is 0.000000673. The number of piperazine rings is 1. The summed E-state index contributed by atoms with van der Waals surface area (Å²) < 4.78 is 31.7. The van der Waals surface area contributed by atoms with Crippen LogP contribution >= 0.6 is 0 Å². The maximum Gasteiger partial charge on any atom is 0.490 e. The fourth-order valence-corrected chi connectivity index (χ4v) is 4.58. The molecule has 1 aromatic rings. The number of alkyl halides is 3. The quantitative estimate of drug-likeness (QED) is 0.507. The van der Waals surface area contributed by atoms with E-state index in [4.69, 9.17) is 9.90 Å². The van der Waals surface area contributed by atoms with Crippen molar-refractivity contribution < 1.29 is 32.7 Å². The summed E-state index contributed by atoms with van der Waals surface area (Å²) in [5.41, 5.74) is 2.00. The predicted octanol–water partition coefficient (Wildman–Crippen LogP) is 3.76. The SMILES string of the molecule is CC(C)(C)c1ccc(C(=O)N(CCCN2CCCCC2)CCC(=O)N2CCNCC2)cc1.O=C(O)C(F)(F)F. The number of carbonyl (C=O) groups is 3. The largest absolute Gasteiger partial charge is 0.490 e. The highest BCUT2D eigenvalue weighted by Gasteiger charge is 2.38. The molecule has 1 aromatic carbocycles. The maximum atomic E-state index is 13.4. The zero-order chi connectivity index (χ0) is 29.1. The van der Waals surface area contributed by atoms with Crippen molar-refractivity contribution in [1.82, 2.24) is 20.0 Å². The first-order valence-electron chi connectivity index (χ1n) is 13.7. The Morgan fingerprint density at radius 2 is 1.49 bits per heavy atom. The van der Waals surface area contributed by atoms with E-state index in [0.717, 1.165) is 39.1 Å². The molecule has 2 N–H and O–H groups in total. The molecule has 0 aliphatic carbocycles. The van der Waals surface area contributed by atoms with Crippen molar-refractivity contribution in [2.75, 3.05) is 58.9 Å². The van der Waals surface area contributed by atoms with Crippen molar-refractivity contribution in [2.24, 2.45) is 0 Å². The number of carboxylic acid groups (broad SMARTS) is 1. The Hall–Kier alpha value is -2.66. The smallest absolute Gasteiger partial charge is 0.475 e. The Morgan fingerprint density at radius 1 is 0.923 bits per heavy atom. The second kappa shape index (κ2) is 15.2. The van der Waals surface area contributed by atoms with Gasteiger partial charge in [-0.15, -0.1) is 0 Å². The monoisotopic (exact) mass is 556 g/mol. The summed E-state index contributed by atoms with van der Waals surface area (Å²) in [6, 6.07) is 8.01. The van der Waals surface area contributed by atoms with E-state index in [2.05, 4.69) is 43.1 Å². The van der Waals surface area contributed by atoms with Crippen LogP contribution in [-0.2, 0) is 15.0 Å². The van der Waals surface area contributed by atoms with Crippen molar-refractivity contribution in [1.29, 1.82) is 0 Å². The van der Waals surface area contributed by atoms with Gasteiger partial charge in [0, 0.05) is 51.3 Å². The van der Waals surface area contributed by atoms with Crippen LogP contribution in [0, 0.1) is 0 Å². The van der Waals surface area contributed by atoms with E-state index in [1.165, 1.54) is 37.9 Å². The van der Waals surface area contributed by atoms with Gasteiger partial charge >= 0.3 is 12.1 Å². The molecule has 0 radical (unpaired) electrons. The molecule has 2 aliphatic rings. The van der Waals surface area contributed by atoms with Gasteiger partial charge in [0.05, 0.1) is 0 Å². The molecule has 0 aromatic heterocycles. The highest BCUT2D eigenvalue weighted by molar-refractivity contribution is 5.94. The van der Waals surface area contributed by atoms with Gasteiger partial charge in [0.2, 0.25) is 5.91 Å². The molecule has 0 unspecified atom stereocenters. The highest BCUT2D eigenvalue weighted by Crippen LogP contribution is 2.23. The van der Waals surface area contributed by atoms with E-state index in [1.54, 1.807) is 0 Å². The first-order valence-corrected chi connectivity index (χ1v) is 13.7. The minimum absolute atomic E-state index is 0.0391. The lowest BCUT2D eigenvalue weighted by atomic mass is 9.86.